The largest absolute Gasteiger partial charge is 0.494 e. The van der Waals surface area contributed by atoms with E-state index >= 15 is 0 Å². The van der Waals surface area contributed by atoms with Crippen LogP contribution in [0.3, 0.4) is 0 Å². The summed E-state index contributed by atoms with van der Waals surface area (Å²) < 4.78 is 13.2. The molecule has 38 heavy (non-hydrogen) atoms. The van der Waals surface area contributed by atoms with Crippen LogP contribution in [0.5, 0.6) is 5.75 Å². The zero-order chi connectivity index (χ0) is 27.4. The standard InChI is InChI=1S/C29H38N6O3/c1-6-23-26(33-20-10-8-19(31)9-11-20)24(18-30)25-16-17-32-35(25)27(23)34(28(36)38-29(3,4)5)21-12-14-22(15-13-21)37-7-2/h12-17,19-20,33H,6-11,31H2,1-5H3/t19-,20-. The number of anilines is 3. The highest BCUT2D eigenvalue weighted by Crippen LogP contribution is 2.40. The van der Waals surface area contributed by atoms with Gasteiger partial charge in [0, 0.05) is 17.6 Å². The molecule has 1 saturated carbocycles. The summed E-state index contributed by atoms with van der Waals surface area (Å²) in [4.78, 5) is 15.4. The van der Waals surface area contributed by atoms with E-state index in [0.29, 0.717) is 41.4 Å². The Hall–Kier alpha value is -3.77. The van der Waals surface area contributed by atoms with Crippen molar-refractivity contribution in [3.05, 3.63) is 47.7 Å². The fourth-order valence-electron chi connectivity index (χ4n) is 4.96. The van der Waals surface area contributed by atoms with Crippen molar-refractivity contribution >= 4 is 28.8 Å². The second kappa shape index (κ2) is 11.3. The quantitative estimate of drug-likeness (QED) is 0.398. The van der Waals surface area contributed by atoms with Crippen molar-refractivity contribution in [2.45, 2.75) is 84.4 Å². The average Bonchev–Trinajstić information content (AvgIpc) is 3.35. The minimum absolute atomic E-state index is 0.186. The van der Waals surface area contributed by atoms with E-state index in [0.717, 1.165) is 36.9 Å². The van der Waals surface area contributed by atoms with E-state index in [9.17, 15) is 10.1 Å². The number of nitrogens with one attached hydrogen (secondary N) is 1. The lowest BCUT2D eigenvalue weighted by Gasteiger charge is -2.32. The zero-order valence-electron chi connectivity index (χ0n) is 23.0. The molecular formula is C29H38N6O3. The maximum absolute atomic E-state index is 13.8. The lowest BCUT2D eigenvalue weighted by Crippen LogP contribution is -2.36. The first kappa shape index (κ1) is 27.3. The number of carbonyl (C=O) groups excluding carboxylic acids is 1. The molecule has 9 nitrogen and oxygen atoms in total. The molecule has 4 rings (SSSR count). The molecule has 3 aromatic rings. The van der Waals surface area contributed by atoms with Crippen LogP contribution in [0.4, 0.5) is 22.0 Å². The number of benzene rings is 1. The number of hydrogen-bond donors (Lipinski definition) is 2. The molecule has 3 N–H and O–H groups in total. The van der Waals surface area contributed by atoms with Crippen molar-refractivity contribution in [2.24, 2.45) is 5.73 Å². The highest BCUT2D eigenvalue weighted by Gasteiger charge is 2.32. The van der Waals surface area contributed by atoms with E-state index in [4.69, 9.17) is 15.2 Å². The van der Waals surface area contributed by atoms with Crippen LogP contribution < -0.4 is 20.7 Å². The minimum Gasteiger partial charge on any atom is -0.494 e. The molecule has 0 aliphatic heterocycles. The molecule has 0 unspecified atom stereocenters. The number of fused-ring (bicyclic) bond motifs is 1. The summed E-state index contributed by atoms with van der Waals surface area (Å²) in [5.74, 6) is 1.25. The second-order valence-electron chi connectivity index (χ2n) is 10.6. The van der Waals surface area contributed by atoms with Crippen LogP contribution in [0.1, 0.15) is 71.4 Å². The van der Waals surface area contributed by atoms with Crippen molar-refractivity contribution in [3.63, 3.8) is 0 Å². The molecule has 2 aromatic heterocycles. The number of nitrogens with zero attached hydrogens (tertiary/aromatic N) is 4. The van der Waals surface area contributed by atoms with Crippen LogP contribution in [0.25, 0.3) is 5.52 Å². The van der Waals surface area contributed by atoms with Crippen LogP contribution in [-0.4, -0.2) is 40.0 Å². The predicted octanol–water partition coefficient (Wildman–Crippen LogP) is 5.92. The third-order valence-electron chi connectivity index (χ3n) is 6.70. The summed E-state index contributed by atoms with van der Waals surface area (Å²) in [5, 5.41) is 18.5. The number of ether oxygens (including phenoxy) is 2. The smallest absolute Gasteiger partial charge is 0.420 e. The maximum atomic E-state index is 13.8. The Morgan fingerprint density at radius 3 is 2.45 bits per heavy atom. The predicted molar refractivity (Wildman–Crippen MR) is 149 cm³/mol. The van der Waals surface area contributed by atoms with Crippen molar-refractivity contribution in [1.29, 1.82) is 5.26 Å². The summed E-state index contributed by atoms with van der Waals surface area (Å²) in [6.45, 7) is 10.00. The van der Waals surface area contributed by atoms with E-state index in [2.05, 4.69) is 16.5 Å². The third kappa shape index (κ3) is 5.70. The molecule has 0 bridgehead atoms. The molecule has 1 aromatic carbocycles. The molecule has 0 spiro atoms. The van der Waals surface area contributed by atoms with Crippen molar-refractivity contribution in [1.82, 2.24) is 9.61 Å². The topological polar surface area (TPSA) is 118 Å². The van der Waals surface area contributed by atoms with Gasteiger partial charge in [0.1, 0.15) is 28.8 Å². The van der Waals surface area contributed by atoms with Crippen molar-refractivity contribution in [3.8, 4) is 11.8 Å². The monoisotopic (exact) mass is 518 g/mol. The number of aromatic nitrogens is 2. The minimum atomic E-state index is -0.718. The Labute approximate surface area is 224 Å². The summed E-state index contributed by atoms with van der Waals surface area (Å²) in [5.41, 5.74) is 8.71. The Morgan fingerprint density at radius 1 is 1.18 bits per heavy atom. The molecule has 0 atom stereocenters. The van der Waals surface area contributed by atoms with Crippen molar-refractivity contribution in [2.75, 3.05) is 16.8 Å². The van der Waals surface area contributed by atoms with Gasteiger partial charge in [0.15, 0.2) is 0 Å². The Morgan fingerprint density at radius 2 is 1.87 bits per heavy atom. The number of hydrogen-bond acceptors (Lipinski definition) is 7. The Kier molecular flexibility index (Phi) is 8.12. The molecular weight excluding hydrogens is 480 g/mol. The molecule has 0 radical (unpaired) electrons. The second-order valence-corrected chi connectivity index (χ2v) is 10.6. The fraction of sp³-hybridized carbons (Fsp3) is 0.483. The molecule has 1 aliphatic rings. The number of carbonyl (C=O) groups is 1. The van der Waals surface area contributed by atoms with Gasteiger partial charge in [0.05, 0.1) is 29.7 Å². The van der Waals surface area contributed by atoms with Gasteiger partial charge in [-0.25, -0.2) is 14.2 Å². The summed E-state index contributed by atoms with van der Waals surface area (Å²) in [6.07, 6.45) is 5.37. The molecule has 1 aliphatic carbocycles. The van der Waals surface area contributed by atoms with Crippen LogP contribution in [0, 0.1) is 11.3 Å². The van der Waals surface area contributed by atoms with Gasteiger partial charge in [-0.15, -0.1) is 0 Å². The van der Waals surface area contributed by atoms with E-state index in [1.165, 1.54) is 0 Å². The summed E-state index contributed by atoms with van der Waals surface area (Å²) in [7, 11) is 0. The van der Waals surface area contributed by atoms with Crippen LogP contribution in [0.15, 0.2) is 36.5 Å². The fourth-order valence-corrected chi connectivity index (χ4v) is 4.96. The SMILES string of the molecule is CCOc1ccc(N(C(=O)OC(C)(C)C)c2c(CC)c(N[C@H]3CC[C@H](N)CC3)c(C#N)c3ccnn23)cc1. The number of nitriles is 1. The van der Waals surface area contributed by atoms with Gasteiger partial charge in [0.2, 0.25) is 0 Å². The molecule has 9 heteroatoms. The maximum Gasteiger partial charge on any atom is 0.420 e. The van der Waals surface area contributed by atoms with Gasteiger partial charge in [0.25, 0.3) is 0 Å². The number of rotatable bonds is 7. The lowest BCUT2D eigenvalue weighted by molar-refractivity contribution is 0.0597. The molecule has 1 amide bonds. The molecule has 0 saturated heterocycles. The first-order valence-corrected chi connectivity index (χ1v) is 13.4. The van der Waals surface area contributed by atoms with Crippen molar-refractivity contribution < 1.29 is 14.3 Å². The van der Waals surface area contributed by atoms with E-state index in [1.807, 2.05) is 58.9 Å². The number of amides is 1. The van der Waals surface area contributed by atoms with Gasteiger partial charge in [-0.1, -0.05) is 6.92 Å². The number of pyridine rings is 1. The van der Waals surface area contributed by atoms with E-state index in [-0.39, 0.29) is 12.1 Å². The summed E-state index contributed by atoms with van der Waals surface area (Å²) >= 11 is 0. The van der Waals surface area contributed by atoms with Gasteiger partial charge < -0.3 is 20.5 Å². The zero-order valence-corrected chi connectivity index (χ0v) is 23.0. The highest BCUT2D eigenvalue weighted by molar-refractivity contribution is 5.98. The van der Waals surface area contributed by atoms with Crippen LogP contribution in [0.2, 0.25) is 0 Å². The van der Waals surface area contributed by atoms with Gasteiger partial charge in [-0.2, -0.15) is 10.4 Å². The average molecular weight is 519 g/mol. The third-order valence-corrected chi connectivity index (χ3v) is 6.70. The van der Waals surface area contributed by atoms with E-state index < -0.39 is 11.7 Å². The molecule has 1 fully saturated rings. The Balaban J connectivity index is 1.93. The van der Waals surface area contributed by atoms with Gasteiger partial charge in [-0.3, -0.25) is 0 Å². The molecule has 2 heterocycles. The number of nitrogens with two attached hydrogens (primary N) is 1. The van der Waals surface area contributed by atoms with Gasteiger partial charge >= 0.3 is 6.09 Å². The Bertz CT molecular complexity index is 1310. The summed E-state index contributed by atoms with van der Waals surface area (Å²) in [6, 6.07) is 11.9. The first-order chi connectivity index (χ1) is 18.2. The first-order valence-electron chi connectivity index (χ1n) is 13.4. The lowest BCUT2D eigenvalue weighted by atomic mass is 9.91. The van der Waals surface area contributed by atoms with Gasteiger partial charge in [-0.05, 0) is 90.1 Å². The highest BCUT2D eigenvalue weighted by atomic mass is 16.6. The van der Waals surface area contributed by atoms with E-state index in [1.54, 1.807) is 21.7 Å². The normalized spacial score (nSPS) is 17.6. The van der Waals surface area contributed by atoms with Crippen LogP contribution >= 0.6 is 0 Å². The van der Waals surface area contributed by atoms with Crippen LogP contribution in [-0.2, 0) is 11.2 Å². The molecule has 202 valence electrons.